The van der Waals surface area contributed by atoms with Crippen LogP contribution in [-0.4, -0.2) is 110 Å². The predicted octanol–water partition coefficient (Wildman–Crippen LogP) is -1.01. The summed E-state index contributed by atoms with van der Waals surface area (Å²) in [7, 11) is -3.71. The van der Waals surface area contributed by atoms with E-state index in [9.17, 15) is 22.8 Å². The highest BCUT2D eigenvalue weighted by atomic mass is 32.2. The van der Waals surface area contributed by atoms with Gasteiger partial charge in [0.05, 0.1) is 42.8 Å². The number of nitrogens with zero attached hydrogens (tertiary/aromatic N) is 5. The first-order valence-electron chi connectivity index (χ1n) is 11.0. The van der Waals surface area contributed by atoms with E-state index in [1.165, 1.54) is 28.6 Å². The first kappa shape index (κ1) is 24.1. The summed E-state index contributed by atoms with van der Waals surface area (Å²) < 4.78 is 32.3. The van der Waals surface area contributed by atoms with Crippen molar-refractivity contribution >= 4 is 27.9 Å². The van der Waals surface area contributed by atoms with Gasteiger partial charge in [-0.15, -0.1) is 0 Å². The zero-order chi connectivity index (χ0) is 24.3. The maximum absolute atomic E-state index is 12.9. The number of piperazine rings is 1. The van der Waals surface area contributed by atoms with Crippen LogP contribution in [0.15, 0.2) is 29.2 Å². The summed E-state index contributed by atoms with van der Waals surface area (Å²) in [5.41, 5.74) is 0.377. The Labute approximate surface area is 197 Å². The lowest BCUT2D eigenvalue weighted by Crippen LogP contribution is -2.52. The number of sulfonamides is 1. The molecule has 1 N–H and O–H groups in total. The molecule has 0 saturated carbocycles. The number of urea groups is 1. The lowest BCUT2D eigenvalue weighted by Gasteiger charge is -2.35. The number of carbonyl (C=O) groups is 3. The van der Waals surface area contributed by atoms with E-state index in [-0.39, 0.29) is 37.0 Å². The van der Waals surface area contributed by atoms with Crippen molar-refractivity contribution in [2.75, 3.05) is 59.2 Å². The van der Waals surface area contributed by atoms with Crippen molar-refractivity contribution in [2.45, 2.75) is 17.4 Å². The molecular weight excluding hydrogens is 464 g/mol. The lowest BCUT2D eigenvalue weighted by molar-refractivity contribution is -0.139. The number of hydrogen-bond donors (Lipinski definition) is 1. The Kier molecular flexibility index (Phi) is 7.13. The van der Waals surface area contributed by atoms with Crippen LogP contribution >= 0.6 is 0 Å². The zero-order valence-electron chi connectivity index (χ0n) is 18.6. The third kappa shape index (κ3) is 5.05. The molecule has 0 aliphatic carbocycles. The maximum Gasteiger partial charge on any atom is 0.325 e. The molecule has 3 fully saturated rings. The summed E-state index contributed by atoms with van der Waals surface area (Å²) in [4.78, 5) is 42.2. The highest BCUT2D eigenvalue weighted by molar-refractivity contribution is 7.89. The third-order valence-corrected chi connectivity index (χ3v) is 8.06. The van der Waals surface area contributed by atoms with E-state index >= 15 is 0 Å². The van der Waals surface area contributed by atoms with Crippen molar-refractivity contribution in [1.82, 2.24) is 24.3 Å². The highest BCUT2D eigenvalue weighted by Crippen LogP contribution is 2.19. The second-order valence-corrected chi connectivity index (χ2v) is 10.2. The molecule has 0 bridgehead atoms. The molecular formula is C21H26N6O6S. The van der Waals surface area contributed by atoms with Crippen LogP contribution in [-0.2, 0) is 24.3 Å². The molecule has 3 aliphatic heterocycles. The van der Waals surface area contributed by atoms with Crippen molar-refractivity contribution in [3.05, 3.63) is 29.8 Å². The number of benzene rings is 1. The van der Waals surface area contributed by atoms with Gasteiger partial charge in [0.2, 0.25) is 15.9 Å². The van der Waals surface area contributed by atoms with Crippen LogP contribution in [0.25, 0.3) is 0 Å². The number of nitriles is 1. The van der Waals surface area contributed by atoms with Crippen LogP contribution < -0.4 is 5.32 Å². The Hall–Kier alpha value is -3.05. The summed E-state index contributed by atoms with van der Waals surface area (Å²) in [6.45, 7) is 2.94. The van der Waals surface area contributed by atoms with Crippen LogP contribution in [0.2, 0.25) is 0 Å². The number of morpholine rings is 1. The van der Waals surface area contributed by atoms with Gasteiger partial charge >= 0.3 is 6.03 Å². The van der Waals surface area contributed by atoms with E-state index < -0.39 is 28.0 Å². The fourth-order valence-electron chi connectivity index (χ4n) is 4.13. The van der Waals surface area contributed by atoms with Crippen LogP contribution in [0, 0.1) is 11.3 Å². The number of nitrogens with one attached hydrogen (secondary N) is 1. The van der Waals surface area contributed by atoms with E-state index in [0.717, 1.165) is 4.90 Å². The van der Waals surface area contributed by atoms with Gasteiger partial charge in [0.15, 0.2) is 0 Å². The minimum atomic E-state index is -3.71. The number of hydrogen-bond acceptors (Lipinski definition) is 8. The second-order valence-electron chi connectivity index (χ2n) is 8.27. The smallest absolute Gasteiger partial charge is 0.325 e. The average Bonchev–Trinajstić information content (AvgIpc) is 3.12. The molecule has 34 heavy (non-hydrogen) atoms. The Morgan fingerprint density at radius 3 is 2.32 bits per heavy atom. The molecule has 3 heterocycles. The van der Waals surface area contributed by atoms with Crippen LogP contribution in [0.3, 0.4) is 0 Å². The van der Waals surface area contributed by atoms with Gasteiger partial charge in [0.1, 0.15) is 6.04 Å². The van der Waals surface area contributed by atoms with Gasteiger partial charge < -0.3 is 15.0 Å². The molecule has 12 nitrogen and oxygen atoms in total. The summed E-state index contributed by atoms with van der Waals surface area (Å²) in [5, 5.41) is 11.5. The van der Waals surface area contributed by atoms with Crippen molar-refractivity contribution < 1.29 is 27.5 Å². The molecule has 0 radical (unpaired) electrons. The monoisotopic (exact) mass is 490 g/mol. The minimum absolute atomic E-state index is 0.0255. The lowest BCUT2D eigenvalue weighted by atomic mass is 10.2. The van der Waals surface area contributed by atoms with E-state index in [2.05, 4.69) is 5.32 Å². The van der Waals surface area contributed by atoms with E-state index in [1.807, 2.05) is 11.0 Å². The summed E-state index contributed by atoms with van der Waals surface area (Å²) in [5.74, 6) is -0.662. The SMILES string of the molecule is N#Cc1ccc(S(=O)(=O)N2CCN(CN3C(=O)N[C@@H](CC(=O)N4CCOCC4)C3=O)CC2)cc1. The van der Waals surface area contributed by atoms with Gasteiger partial charge in [-0.1, -0.05) is 0 Å². The highest BCUT2D eigenvalue weighted by Gasteiger charge is 2.41. The van der Waals surface area contributed by atoms with Crippen LogP contribution in [0.5, 0.6) is 0 Å². The van der Waals surface area contributed by atoms with Gasteiger partial charge in [-0.05, 0) is 24.3 Å². The third-order valence-electron chi connectivity index (χ3n) is 6.14. The Morgan fingerprint density at radius 2 is 1.71 bits per heavy atom. The molecule has 3 aliphatic rings. The molecule has 4 rings (SSSR count). The van der Waals surface area contributed by atoms with Crippen LogP contribution in [0.4, 0.5) is 4.79 Å². The van der Waals surface area contributed by atoms with Gasteiger partial charge in [-0.2, -0.15) is 9.57 Å². The number of ether oxygens (including phenoxy) is 1. The van der Waals surface area contributed by atoms with Gasteiger partial charge in [-0.25, -0.2) is 18.1 Å². The number of carbonyl (C=O) groups excluding carboxylic acids is 3. The molecule has 0 spiro atoms. The van der Waals surface area contributed by atoms with Crippen molar-refractivity contribution in [3.8, 4) is 6.07 Å². The Bertz CT molecular complexity index is 1090. The Balaban J connectivity index is 1.30. The topological polar surface area (TPSA) is 143 Å². The fourth-order valence-corrected chi connectivity index (χ4v) is 5.55. The molecule has 0 aromatic heterocycles. The van der Waals surface area contributed by atoms with Gasteiger partial charge in [0, 0.05) is 39.3 Å². The van der Waals surface area contributed by atoms with E-state index in [1.54, 1.807) is 4.90 Å². The van der Waals surface area contributed by atoms with Crippen molar-refractivity contribution in [1.29, 1.82) is 5.26 Å². The standard InChI is InChI=1S/C21H26N6O6S/c22-14-16-1-3-17(4-2-16)34(31,32)26-7-5-24(6-8-26)15-27-20(29)18(23-21(27)30)13-19(28)25-9-11-33-12-10-25/h1-4,18H,5-13,15H2,(H,23,30)/t18-/m0/s1. The normalized spacial score (nSPS) is 22.5. The zero-order valence-corrected chi connectivity index (χ0v) is 19.4. The Morgan fingerprint density at radius 1 is 1.06 bits per heavy atom. The molecule has 1 aromatic rings. The summed E-state index contributed by atoms with van der Waals surface area (Å²) in [6, 6.07) is 6.23. The molecule has 3 saturated heterocycles. The number of amides is 4. The molecule has 182 valence electrons. The summed E-state index contributed by atoms with van der Waals surface area (Å²) >= 11 is 0. The van der Waals surface area contributed by atoms with Gasteiger partial charge in [-0.3, -0.25) is 14.5 Å². The molecule has 4 amide bonds. The number of imide groups is 1. The van der Waals surface area contributed by atoms with E-state index in [4.69, 9.17) is 10.00 Å². The predicted molar refractivity (Wildman–Crippen MR) is 118 cm³/mol. The molecule has 13 heteroatoms. The number of rotatable bonds is 6. The van der Waals surface area contributed by atoms with Gasteiger partial charge in [0.25, 0.3) is 5.91 Å². The average molecular weight is 491 g/mol. The van der Waals surface area contributed by atoms with Crippen molar-refractivity contribution in [2.24, 2.45) is 0 Å². The molecule has 1 aromatic carbocycles. The minimum Gasteiger partial charge on any atom is -0.378 e. The fraction of sp³-hybridized carbons (Fsp3) is 0.524. The first-order valence-corrected chi connectivity index (χ1v) is 12.4. The summed E-state index contributed by atoms with van der Waals surface area (Å²) in [6.07, 6.45) is -0.0995. The largest absolute Gasteiger partial charge is 0.378 e. The van der Waals surface area contributed by atoms with Crippen molar-refractivity contribution in [3.63, 3.8) is 0 Å². The van der Waals surface area contributed by atoms with Crippen LogP contribution in [0.1, 0.15) is 12.0 Å². The second kappa shape index (κ2) is 10.1. The molecule has 1 atom stereocenters. The maximum atomic E-state index is 12.9. The quantitative estimate of drug-likeness (QED) is 0.500. The first-order chi connectivity index (χ1) is 16.3. The van der Waals surface area contributed by atoms with E-state index in [0.29, 0.717) is 45.0 Å². The molecule has 0 unspecified atom stereocenters.